The summed E-state index contributed by atoms with van der Waals surface area (Å²) in [7, 11) is 1.61. The minimum Gasteiger partial charge on any atom is -0.497 e. The highest BCUT2D eigenvalue weighted by Crippen LogP contribution is 2.30. The molecule has 1 aliphatic rings. The van der Waals surface area contributed by atoms with Crippen LogP contribution in [0.5, 0.6) is 5.75 Å². The molecule has 5 nitrogen and oxygen atoms in total. The van der Waals surface area contributed by atoms with Gasteiger partial charge < -0.3 is 14.7 Å². The van der Waals surface area contributed by atoms with Gasteiger partial charge in [0.1, 0.15) is 11.8 Å². The monoisotopic (exact) mass is 288 g/mol. The Morgan fingerprint density at radius 3 is 2.76 bits per heavy atom. The highest BCUT2D eigenvalue weighted by Gasteiger charge is 2.22. The van der Waals surface area contributed by atoms with Crippen molar-refractivity contribution < 1.29 is 14.6 Å². The third kappa shape index (κ3) is 3.88. The smallest absolute Gasteiger partial charge is 0.303 e. The maximum atomic E-state index is 10.6. The lowest BCUT2D eigenvalue weighted by atomic mass is 9.91. The van der Waals surface area contributed by atoms with E-state index in [1.165, 1.54) is 0 Å². The van der Waals surface area contributed by atoms with Crippen LogP contribution in [0.3, 0.4) is 0 Å². The Bertz CT molecular complexity index is 543. The number of aliphatic carboxylic acids is 1. The van der Waals surface area contributed by atoms with Crippen molar-refractivity contribution in [2.75, 3.05) is 25.1 Å². The van der Waals surface area contributed by atoms with Crippen molar-refractivity contribution in [2.45, 2.75) is 25.7 Å². The standard InChI is InChI=1S/C16H20N2O3/c1-21-14-4-3-13(11-17)15(10-14)18-8-6-12(7-9-18)2-5-16(19)20/h3-4,10,12H,2,5-9H2,1H3,(H,19,20). The Morgan fingerprint density at radius 1 is 1.48 bits per heavy atom. The van der Waals surface area contributed by atoms with E-state index in [4.69, 9.17) is 9.84 Å². The van der Waals surface area contributed by atoms with Crippen molar-refractivity contribution in [3.05, 3.63) is 23.8 Å². The molecule has 0 unspecified atom stereocenters. The van der Waals surface area contributed by atoms with E-state index >= 15 is 0 Å². The normalized spacial score (nSPS) is 15.5. The van der Waals surface area contributed by atoms with Crippen molar-refractivity contribution in [3.8, 4) is 11.8 Å². The molecule has 112 valence electrons. The van der Waals surface area contributed by atoms with Crippen LogP contribution in [-0.4, -0.2) is 31.3 Å². The topological polar surface area (TPSA) is 73.6 Å². The number of hydrogen-bond acceptors (Lipinski definition) is 4. The highest BCUT2D eigenvalue weighted by atomic mass is 16.5. The Hall–Kier alpha value is -2.22. The third-order valence-corrected chi connectivity index (χ3v) is 4.05. The van der Waals surface area contributed by atoms with E-state index in [-0.39, 0.29) is 6.42 Å². The summed E-state index contributed by atoms with van der Waals surface area (Å²) in [6.07, 6.45) is 2.92. The van der Waals surface area contributed by atoms with E-state index in [9.17, 15) is 10.1 Å². The third-order valence-electron chi connectivity index (χ3n) is 4.05. The van der Waals surface area contributed by atoms with Gasteiger partial charge in [-0.25, -0.2) is 0 Å². The Kier molecular flexibility index (Phi) is 5.04. The van der Waals surface area contributed by atoms with E-state index in [2.05, 4.69) is 11.0 Å². The lowest BCUT2D eigenvalue weighted by Gasteiger charge is -2.34. The quantitative estimate of drug-likeness (QED) is 0.901. The predicted octanol–water partition coefficient (Wildman–Crippen LogP) is 2.65. The number of benzene rings is 1. The molecule has 0 radical (unpaired) electrons. The molecule has 1 aliphatic heterocycles. The molecular weight excluding hydrogens is 268 g/mol. The van der Waals surface area contributed by atoms with Gasteiger partial charge in [-0.15, -0.1) is 0 Å². The number of methoxy groups -OCH3 is 1. The van der Waals surface area contributed by atoms with Gasteiger partial charge in [-0.1, -0.05) is 0 Å². The minimum absolute atomic E-state index is 0.243. The van der Waals surface area contributed by atoms with Gasteiger partial charge in [-0.3, -0.25) is 4.79 Å². The Morgan fingerprint density at radius 2 is 2.19 bits per heavy atom. The fourth-order valence-corrected chi connectivity index (χ4v) is 2.78. The molecule has 0 atom stereocenters. The lowest BCUT2D eigenvalue weighted by molar-refractivity contribution is -0.137. The predicted molar refractivity (Wildman–Crippen MR) is 79.5 cm³/mol. The van der Waals surface area contributed by atoms with Crippen LogP contribution in [-0.2, 0) is 4.79 Å². The number of carbonyl (C=O) groups is 1. The summed E-state index contributed by atoms with van der Waals surface area (Å²) in [5, 5.41) is 18.0. The first kappa shape index (κ1) is 15.2. The molecule has 0 saturated carbocycles. The molecule has 1 aromatic rings. The molecule has 2 rings (SSSR count). The average Bonchev–Trinajstić information content (AvgIpc) is 2.52. The van der Waals surface area contributed by atoms with Gasteiger partial charge in [0.2, 0.25) is 0 Å². The van der Waals surface area contributed by atoms with E-state index in [0.29, 0.717) is 11.5 Å². The van der Waals surface area contributed by atoms with Gasteiger partial charge in [0.05, 0.1) is 18.4 Å². The Balaban J connectivity index is 2.02. The fourth-order valence-electron chi connectivity index (χ4n) is 2.78. The second-order valence-corrected chi connectivity index (χ2v) is 5.36. The number of nitrogens with zero attached hydrogens (tertiary/aromatic N) is 2. The second-order valence-electron chi connectivity index (χ2n) is 5.36. The highest BCUT2D eigenvalue weighted by molar-refractivity contribution is 5.66. The zero-order valence-corrected chi connectivity index (χ0v) is 12.2. The summed E-state index contributed by atoms with van der Waals surface area (Å²) in [5.74, 6) is 0.488. The van der Waals surface area contributed by atoms with E-state index in [1.54, 1.807) is 19.2 Å². The van der Waals surface area contributed by atoms with Crippen LogP contribution in [0.2, 0.25) is 0 Å². The van der Waals surface area contributed by atoms with Crippen LogP contribution >= 0.6 is 0 Å². The van der Waals surface area contributed by atoms with Crippen LogP contribution in [0.25, 0.3) is 0 Å². The molecule has 1 aromatic carbocycles. The average molecular weight is 288 g/mol. The molecule has 1 fully saturated rings. The first-order valence-corrected chi connectivity index (χ1v) is 7.19. The number of hydrogen-bond donors (Lipinski definition) is 1. The zero-order chi connectivity index (χ0) is 15.2. The summed E-state index contributed by atoms with van der Waals surface area (Å²) >= 11 is 0. The fraction of sp³-hybridized carbons (Fsp3) is 0.500. The van der Waals surface area contributed by atoms with Gasteiger partial charge in [-0.05, 0) is 37.3 Å². The largest absolute Gasteiger partial charge is 0.497 e. The number of ether oxygens (including phenoxy) is 1. The summed E-state index contributed by atoms with van der Waals surface area (Å²) in [6, 6.07) is 7.70. The number of nitriles is 1. The van der Waals surface area contributed by atoms with Gasteiger partial charge in [0.15, 0.2) is 0 Å². The van der Waals surface area contributed by atoms with Crippen LogP contribution < -0.4 is 9.64 Å². The molecule has 0 aliphatic carbocycles. The van der Waals surface area contributed by atoms with Crippen LogP contribution in [0.4, 0.5) is 5.69 Å². The van der Waals surface area contributed by atoms with E-state index in [1.807, 2.05) is 6.07 Å². The molecule has 5 heteroatoms. The number of carboxylic acid groups (broad SMARTS) is 1. The number of piperidine rings is 1. The van der Waals surface area contributed by atoms with Crippen LogP contribution in [0.15, 0.2) is 18.2 Å². The van der Waals surface area contributed by atoms with Crippen LogP contribution in [0.1, 0.15) is 31.2 Å². The second kappa shape index (κ2) is 6.98. The minimum atomic E-state index is -0.725. The number of rotatable bonds is 5. The molecule has 0 aromatic heterocycles. The molecule has 0 bridgehead atoms. The van der Waals surface area contributed by atoms with Crippen molar-refractivity contribution in [2.24, 2.45) is 5.92 Å². The van der Waals surface area contributed by atoms with Crippen molar-refractivity contribution in [1.82, 2.24) is 0 Å². The van der Waals surface area contributed by atoms with Gasteiger partial charge in [0.25, 0.3) is 0 Å². The summed E-state index contributed by atoms with van der Waals surface area (Å²) < 4.78 is 5.23. The van der Waals surface area contributed by atoms with Crippen molar-refractivity contribution in [3.63, 3.8) is 0 Å². The maximum absolute atomic E-state index is 10.6. The van der Waals surface area contributed by atoms with Gasteiger partial charge >= 0.3 is 5.97 Å². The molecule has 0 spiro atoms. The van der Waals surface area contributed by atoms with E-state index < -0.39 is 5.97 Å². The molecule has 1 N–H and O–H groups in total. The molecule has 21 heavy (non-hydrogen) atoms. The Labute approximate surface area is 124 Å². The molecular formula is C16H20N2O3. The summed E-state index contributed by atoms with van der Waals surface area (Å²) in [5.41, 5.74) is 1.56. The zero-order valence-electron chi connectivity index (χ0n) is 12.2. The van der Waals surface area contributed by atoms with Crippen molar-refractivity contribution in [1.29, 1.82) is 5.26 Å². The molecule has 0 amide bonds. The number of carboxylic acids is 1. The lowest BCUT2D eigenvalue weighted by Crippen LogP contribution is -2.34. The summed E-state index contributed by atoms with van der Waals surface area (Å²) in [6.45, 7) is 1.71. The summed E-state index contributed by atoms with van der Waals surface area (Å²) in [4.78, 5) is 12.8. The van der Waals surface area contributed by atoms with Crippen LogP contribution in [0, 0.1) is 17.2 Å². The SMILES string of the molecule is COc1ccc(C#N)c(N2CCC(CCC(=O)O)CC2)c1. The van der Waals surface area contributed by atoms with Gasteiger partial charge in [0, 0.05) is 25.6 Å². The van der Waals surface area contributed by atoms with Crippen molar-refractivity contribution >= 4 is 11.7 Å². The first-order chi connectivity index (χ1) is 10.1. The molecule has 1 heterocycles. The molecule has 1 saturated heterocycles. The van der Waals surface area contributed by atoms with E-state index in [0.717, 1.165) is 43.8 Å². The van der Waals surface area contributed by atoms with Gasteiger partial charge in [-0.2, -0.15) is 5.26 Å². The maximum Gasteiger partial charge on any atom is 0.303 e. The number of anilines is 1. The first-order valence-electron chi connectivity index (χ1n) is 7.19.